The van der Waals surface area contributed by atoms with E-state index in [0.29, 0.717) is 33.6 Å². The molecule has 41 heavy (non-hydrogen) atoms. The van der Waals surface area contributed by atoms with E-state index in [-0.39, 0.29) is 21.6 Å². The van der Waals surface area contributed by atoms with Crippen molar-refractivity contribution in [1.29, 1.82) is 0 Å². The number of nitrogens with zero attached hydrogens (tertiary/aromatic N) is 2. The summed E-state index contributed by atoms with van der Waals surface area (Å²) in [6, 6.07) is 23.5. The fraction of sp³-hybridized carbons (Fsp3) is 0.133. The van der Waals surface area contributed by atoms with Gasteiger partial charge in [-0.15, -0.1) is 10.2 Å². The molecule has 0 aliphatic rings. The summed E-state index contributed by atoms with van der Waals surface area (Å²) in [4.78, 5) is 0.308. The quantitative estimate of drug-likeness (QED) is 0.219. The van der Waals surface area contributed by atoms with Crippen LogP contribution in [0.25, 0.3) is 22.9 Å². The molecule has 0 bridgehead atoms. The van der Waals surface area contributed by atoms with Crippen molar-refractivity contribution < 1.29 is 21.3 Å². The Balaban J connectivity index is 1.41. The van der Waals surface area contributed by atoms with Gasteiger partial charge < -0.3 is 4.42 Å². The van der Waals surface area contributed by atoms with E-state index < -0.39 is 20.0 Å². The first-order chi connectivity index (χ1) is 19.4. The van der Waals surface area contributed by atoms with Crippen molar-refractivity contribution in [2.75, 3.05) is 9.44 Å². The molecule has 2 N–H and O–H groups in total. The van der Waals surface area contributed by atoms with Crippen LogP contribution < -0.4 is 9.44 Å². The van der Waals surface area contributed by atoms with Crippen molar-refractivity contribution in [3.63, 3.8) is 0 Å². The van der Waals surface area contributed by atoms with Gasteiger partial charge in [-0.25, -0.2) is 16.8 Å². The molecule has 5 rings (SSSR count). The second-order valence-corrected chi connectivity index (χ2v) is 13.2. The second kappa shape index (κ2) is 10.8. The molecule has 9 nitrogen and oxygen atoms in total. The van der Waals surface area contributed by atoms with Crippen LogP contribution in [0, 0.1) is 27.7 Å². The number of sulfonamides is 2. The van der Waals surface area contributed by atoms with Crippen molar-refractivity contribution in [3.8, 4) is 22.9 Å². The molecule has 0 aliphatic carbocycles. The lowest BCUT2D eigenvalue weighted by Gasteiger charge is -2.12. The number of aryl methyl sites for hydroxylation is 4. The van der Waals surface area contributed by atoms with E-state index in [1.807, 2.05) is 13.8 Å². The monoisotopic (exact) mass is 588 g/mol. The third-order valence-electron chi connectivity index (χ3n) is 6.55. The zero-order valence-electron chi connectivity index (χ0n) is 22.8. The number of rotatable bonds is 8. The van der Waals surface area contributed by atoms with Gasteiger partial charge in [0.05, 0.1) is 21.2 Å². The summed E-state index contributed by atoms with van der Waals surface area (Å²) in [6.07, 6.45) is 0. The maximum absolute atomic E-state index is 13.0. The second-order valence-electron chi connectivity index (χ2n) is 9.81. The molecular weight excluding hydrogens is 560 g/mol. The topological polar surface area (TPSA) is 131 Å². The average molecular weight is 589 g/mol. The third-order valence-corrected chi connectivity index (χ3v) is 9.31. The number of aromatic nitrogens is 2. The van der Waals surface area contributed by atoms with Crippen LogP contribution in [0.1, 0.15) is 22.3 Å². The zero-order valence-corrected chi connectivity index (χ0v) is 24.5. The van der Waals surface area contributed by atoms with Gasteiger partial charge in [-0.3, -0.25) is 9.44 Å². The first-order valence-corrected chi connectivity index (χ1v) is 15.6. The highest BCUT2D eigenvalue weighted by Crippen LogP contribution is 2.31. The van der Waals surface area contributed by atoms with Gasteiger partial charge in [0.25, 0.3) is 20.0 Å². The fourth-order valence-electron chi connectivity index (χ4n) is 4.03. The Kier molecular flexibility index (Phi) is 7.41. The minimum atomic E-state index is -3.81. The highest BCUT2D eigenvalue weighted by atomic mass is 32.2. The summed E-state index contributed by atoms with van der Waals surface area (Å²) in [5, 5.41) is 8.30. The maximum Gasteiger partial charge on any atom is 0.261 e. The number of benzene rings is 4. The van der Waals surface area contributed by atoms with E-state index in [4.69, 9.17) is 4.42 Å². The van der Waals surface area contributed by atoms with E-state index in [1.54, 1.807) is 98.8 Å². The molecule has 1 aromatic heterocycles. The predicted octanol–water partition coefficient (Wildman–Crippen LogP) is 6.24. The molecule has 0 fully saturated rings. The third kappa shape index (κ3) is 6.16. The first kappa shape index (κ1) is 28.1. The van der Waals surface area contributed by atoms with Crippen LogP contribution in [0.3, 0.4) is 0 Å². The molecule has 210 valence electrons. The van der Waals surface area contributed by atoms with Crippen molar-refractivity contribution in [2.24, 2.45) is 0 Å². The van der Waals surface area contributed by atoms with Crippen LogP contribution in [0.2, 0.25) is 0 Å². The maximum atomic E-state index is 13.0. The first-order valence-electron chi connectivity index (χ1n) is 12.7. The summed E-state index contributed by atoms with van der Waals surface area (Å²) in [7, 11) is -7.62. The van der Waals surface area contributed by atoms with Gasteiger partial charge in [0.15, 0.2) is 0 Å². The van der Waals surface area contributed by atoms with Crippen LogP contribution in [0.4, 0.5) is 11.4 Å². The molecular formula is C30H28N4O5S2. The van der Waals surface area contributed by atoms with Crippen LogP contribution in [0.5, 0.6) is 0 Å². The van der Waals surface area contributed by atoms with Crippen LogP contribution >= 0.6 is 0 Å². The lowest BCUT2D eigenvalue weighted by molar-refractivity contribution is 0.584. The normalized spacial score (nSPS) is 11.8. The van der Waals surface area contributed by atoms with Gasteiger partial charge >= 0.3 is 0 Å². The largest absolute Gasteiger partial charge is 0.416 e. The van der Waals surface area contributed by atoms with Crippen molar-refractivity contribution in [1.82, 2.24) is 10.2 Å². The van der Waals surface area contributed by atoms with Gasteiger partial charge in [-0.2, -0.15) is 0 Å². The van der Waals surface area contributed by atoms with E-state index in [0.717, 1.165) is 11.1 Å². The fourth-order valence-corrected chi connectivity index (χ4v) is 6.27. The Morgan fingerprint density at radius 1 is 0.537 bits per heavy atom. The lowest BCUT2D eigenvalue weighted by atomic mass is 10.1. The van der Waals surface area contributed by atoms with E-state index in [1.165, 1.54) is 0 Å². The highest BCUT2D eigenvalue weighted by Gasteiger charge is 2.19. The van der Waals surface area contributed by atoms with Crippen LogP contribution in [0.15, 0.2) is 99.1 Å². The smallest absolute Gasteiger partial charge is 0.261 e. The van der Waals surface area contributed by atoms with E-state index >= 15 is 0 Å². The Morgan fingerprint density at radius 2 is 0.902 bits per heavy atom. The van der Waals surface area contributed by atoms with Crippen molar-refractivity contribution in [2.45, 2.75) is 37.5 Å². The molecule has 0 saturated heterocycles. The van der Waals surface area contributed by atoms with E-state index in [9.17, 15) is 16.8 Å². The SMILES string of the molecule is Cc1ccc(S(=O)(=O)Nc2cc(-c3nnc(-c4ccc(C)c(NS(=O)(=O)c5ccc(C)cc5)c4)o3)ccc2C)cc1. The van der Waals surface area contributed by atoms with E-state index in [2.05, 4.69) is 19.6 Å². The molecule has 4 aromatic carbocycles. The predicted molar refractivity (Wildman–Crippen MR) is 159 cm³/mol. The van der Waals surface area contributed by atoms with Crippen LogP contribution in [-0.4, -0.2) is 27.0 Å². The molecule has 1 heterocycles. The Hall–Kier alpha value is -4.48. The molecule has 11 heteroatoms. The van der Waals surface area contributed by atoms with Gasteiger partial charge in [-0.05, 0) is 87.4 Å². The zero-order chi connectivity index (χ0) is 29.4. The number of hydrogen-bond acceptors (Lipinski definition) is 7. The minimum absolute atomic E-state index is 0.154. The highest BCUT2D eigenvalue weighted by molar-refractivity contribution is 7.93. The molecule has 0 saturated carbocycles. The summed E-state index contributed by atoms with van der Waals surface area (Å²) in [5.41, 5.74) is 5.14. The summed E-state index contributed by atoms with van der Waals surface area (Å²) in [6.45, 7) is 7.36. The summed E-state index contributed by atoms with van der Waals surface area (Å²) in [5.74, 6) is 0.358. The number of anilines is 2. The Morgan fingerprint density at radius 3 is 1.27 bits per heavy atom. The summed E-state index contributed by atoms with van der Waals surface area (Å²) < 4.78 is 63.0. The van der Waals surface area contributed by atoms with Gasteiger partial charge in [0.2, 0.25) is 11.8 Å². The minimum Gasteiger partial charge on any atom is -0.416 e. The standard InChI is InChI=1S/C30H28N4O5S2/c1-19-5-13-25(14-6-19)40(35,36)33-27-17-23(11-9-21(27)3)29-31-32-30(39-29)24-12-10-22(4)28(18-24)34-41(37,38)26-15-7-20(2)8-16-26/h5-18,33-34H,1-4H3. The molecule has 0 amide bonds. The van der Waals surface area contributed by atoms with Crippen molar-refractivity contribution in [3.05, 3.63) is 107 Å². The van der Waals surface area contributed by atoms with Crippen molar-refractivity contribution >= 4 is 31.4 Å². The van der Waals surface area contributed by atoms with Crippen LogP contribution in [-0.2, 0) is 20.0 Å². The lowest BCUT2D eigenvalue weighted by Crippen LogP contribution is -2.13. The van der Waals surface area contributed by atoms with Gasteiger partial charge in [0, 0.05) is 11.1 Å². The Labute approximate surface area is 239 Å². The Bertz CT molecular complexity index is 1810. The molecule has 0 radical (unpaired) electrons. The molecule has 0 unspecified atom stereocenters. The molecule has 0 aliphatic heterocycles. The van der Waals surface area contributed by atoms with Gasteiger partial charge in [-0.1, -0.05) is 47.5 Å². The van der Waals surface area contributed by atoms with Gasteiger partial charge in [0.1, 0.15) is 0 Å². The number of hydrogen-bond donors (Lipinski definition) is 2. The average Bonchev–Trinajstić information content (AvgIpc) is 3.42. The number of nitrogens with one attached hydrogen (secondary N) is 2. The summed E-state index contributed by atoms with van der Waals surface area (Å²) >= 11 is 0. The molecule has 5 aromatic rings. The molecule has 0 atom stereocenters. The molecule has 0 spiro atoms.